The van der Waals surface area contributed by atoms with E-state index in [4.69, 9.17) is 5.11 Å². The molecule has 1 rings (SSSR count). The molecular weight excluding hydrogens is 256 g/mol. The van der Waals surface area contributed by atoms with E-state index in [9.17, 15) is 9.59 Å². The molecule has 20 heavy (non-hydrogen) atoms. The molecule has 1 unspecified atom stereocenters. The SMILES string of the molecule is CCCC(NC(=O)NCc1ccc(CC)cc1)C(=O)O. The fraction of sp³-hybridized carbons (Fsp3) is 0.467. The van der Waals surface area contributed by atoms with Crippen molar-refractivity contribution in [2.24, 2.45) is 0 Å². The third kappa shape index (κ3) is 5.30. The molecule has 0 aliphatic rings. The number of nitrogens with one attached hydrogen (secondary N) is 2. The number of rotatable bonds is 7. The Bertz CT molecular complexity index is 443. The van der Waals surface area contributed by atoms with E-state index in [1.165, 1.54) is 5.56 Å². The maximum absolute atomic E-state index is 11.6. The summed E-state index contributed by atoms with van der Waals surface area (Å²) in [5.41, 5.74) is 2.23. The highest BCUT2D eigenvalue weighted by Gasteiger charge is 2.18. The van der Waals surface area contributed by atoms with Gasteiger partial charge in [-0.2, -0.15) is 0 Å². The van der Waals surface area contributed by atoms with E-state index in [0.717, 1.165) is 12.0 Å². The quantitative estimate of drug-likeness (QED) is 0.716. The number of hydrogen-bond donors (Lipinski definition) is 3. The number of carbonyl (C=O) groups is 2. The van der Waals surface area contributed by atoms with Gasteiger partial charge in [-0.05, 0) is 24.0 Å². The number of urea groups is 1. The molecule has 0 radical (unpaired) electrons. The topological polar surface area (TPSA) is 78.4 Å². The van der Waals surface area contributed by atoms with Crippen LogP contribution in [0.3, 0.4) is 0 Å². The first kappa shape index (κ1) is 16.0. The highest BCUT2D eigenvalue weighted by molar-refractivity contribution is 5.82. The second-order valence-corrected chi connectivity index (χ2v) is 4.68. The highest BCUT2D eigenvalue weighted by atomic mass is 16.4. The fourth-order valence-corrected chi connectivity index (χ4v) is 1.83. The zero-order valence-corrected chi connectivity index (χ0v) is 12.0. The standard InChI is InChI=1S/C15H22N2O3/c1-3-5-13(14(18)19)17-15(20)16-10-12-8-6-11(4-2)7-9-12/h6-9,13H,3-5,10H2,1-2H3,(H,18,19)(H2,16,17,20). The van der Waals surface area contributed by atoms with Crippen LogP contribution in [0.4, 0.5) is 4.79 Å². The predicted octanol–water partition coefficient (Wildman–Crippen LogP) is 2.30. The van der Waals surface area contributed by atoms with Gasteiger partial charge in [0.25, 0.3) is 0 Å². The zero-order chi connectivity index (χ0) is 15.0. The van der Waals surface area contributed by atoms with E-state index in [0.29, 0.717) is 19.4 Å². The van der Waals surface area contributed by atoms with Crippen molar-refractivity contribution in [3.8, 4) is 0 Å². The molecule has 2 amide bonds. The maximum atomic E-state index is 11.6. The third-order valence-corrected chi connectivity index (χ3v) is 3.07. The Morgan fingerprint density at radius 2 is 1.75 bits per heavy atom. The molecular formula is C15H22N2O3. The molecule has 1 atom stereocenters. The minimum absolute atomic E-state index is 0.383. The van der Waals surface area contributed by atoms with Crippen molar-refractivity contribution in [2.45, 2.75) is 45.7 Å². The van der Waals surface area contributed by atoms with Crippen LogP contribution in [0.25, 0.3) is 0 Å². The summed E-state index contributed by atoms with van der Waals surface area (Å²) >= 11 is 0. The summed E-state index contributed by atoms with van der Waals surface area (Å²) in [7, 11) is 0. The van der Waals surface area contributed by atoms with Crippen LogP contribution in [-0.2, 0) is 17.8 Å². The number of carboxylic acids is 1. The second-order valence-electron chi connectivity index (χ2n) is 4.68. The van der Waals surface area contributed by atoms with Crippen molar-refractivity contribution in [1.82, 2.24) is 10.6 Å². The summed E-state index contributed by atoms with van der Waals surface area (Å²) < 4.78 is 0. The van der Waals surface area contributed by atoms with Gasteiger partial charge in [-0.1, -0.05) is 44.5 Å². The van der Waals surface area contributed by atoms with Gasteiger partial charge in [0.15, 0.2) is 0 Å². The molecule has 3 N–H and O–H groups in total. The van der Waals surface area contributed by atoms with Crippen molar-refractivity contribution in [3.05, 3.63) is 35.4 Å². The van der Waals surface area contributed by atoms with E-state index >= 15 is 0 Å². The molecule has 0 bridgehead atoms. The van der Waals surface area contributed by atoms with Gasteiger partial charge >= 0.3 is 12.0 Å². The summed E-state index contributed by atoms with van der Waals surface area (Å²) in [5, 5.41) is 14.1. The van der Waals surface area contributed by atoms with Crippen LogP contribution in [0.2, 0.25) is 0 Å². The number of benzene rings is 1. The Kier molecular flexibility index (Phi) is 6.56. The van der Waals surface area contributed by atoms with Crippen molar-refractivity contribution in [2.75, 3.05) is 0 Å². The molecule has 0 aromatic heterocycles. The van der Waals surface area contributed by atoms with Gasteiger partial charge in [0, 0.05) is 6.54 Å². The summed E-state index contributed by atoms with van der Waals surface area (Å²) in [5.74, 6) is -1.01. The molecule has 0 fully saturated rings. The smallest absolute Gasteiger partial charge is 0.326 e. The van der Waals surface area contributed by atoms with Crippen LogP contribution in [0.15, 0.2) is 24.3 Å². The Hall–Kier alpha value is -2.04. The lowest BCUT2D eigenvalue weighted by Gasteiger charge is -2.14. The number of carboxylic acid groups (broad SMARTS) is 1. The molecule has 1 aromatic rings. The maximum Gasteiger partial charge on any atom is 0.326 e. The number of hydrogen-bond acceptors (Lipinski definition) is 2. The normalized spacial score (nSPS) is 11.7. The van der Waals surface area contributed by atoms with E-state index in [-0.39, 0.29) is 0 Å². The molecule has 1 aromatic carbocycles. The molecule has 0 saturated heterocycles. The van der Waals surface area contributed by atoms with Crippen LogP contribution in [-0.4, -0.2) is 23.1 Å². The zero-order valence-electron chi connectivity index (χ0n) is 12.0. The lowest BCUT2D eigenvalue weighted by Crippen LogP contribution is -2.45. The van der Waals surface area contributed by atoms with E-state index in [1.54, 1.807) is 0 Å². The lowest BCUT2D eigenvalue weighted by atomic mass is 10.1. The van der Waals surface area contributed by atoms with E-state index in [1.807, 2.05) is 31.2 Å². The largest absolute Gasteiger partial charge is 0.480 e. The summed E-state index contributed by atoms with van der Waals surface area (Å²) in [6.45, 7) is 4.35. The van der Waals surface area contributed by atoms with E-state index < -0.39 is 18.0 Å². The minimum Gasteiger partial charge on any atom is -0.480 e. The Balaban J connectivity index is 2.43. The second kappa shape index (κ2) is 8.19. The average molecular weight is 278 g/mol. The molecule has 0 spiro atoms. The van der Waals surface area contributed by atoms with Crippen LogP contribution in [0.5, 0.6) is 0 Å². The predicted molar refractivity (Wildman–Crippen MR) is 77.5 cm³/mol. The number of aryl methyl sites for hydroxylation is 1. The molecule has 110 valence electrons. The van der Waals surface area contributed by atoms with Crippen molar-refractivity contribution in [3.63, 3.8) is 0 Å². The van der Waals surface area contributed by atoms with Gasteiger partial charge in [-0.25, -0.2) is 9.59 Å². The monoisotopic (exact) mass is 278 g/mol. The van der Waals surface area contributed by atoms with Crippen LogP contribution in [0.1, 0.15) is 37.8 Å². The summed E-state index contributed by atoms with van der Waals surface area (Å²) in [6, 6.07) is 6.67. The van der Waals surface area contributed by atoms with Gasteiger partial charge in [-0.15, -0.1) is 0 Å². The molecule has 0 aliphatic heterocycles. The van der Waals surface area contributed by atoms with Crippen molar-refractivity contribution in [1.29, 1.82) is 0 Å². The Labute approximate surface area is 119 Å². The fourth-order valence-electron chi connectivity index (χ4n) is 1.83. The van der Waals surface area contributed by atoms with Crippen LogP contribution >= 0.6 is 0 Å². The number of carbonyl (C=O) groups excluding carboxylic acids is 1. The first-order valence-corrected chi connectivity index (χ1v) is 6.91. The Morgan fingerprint density at radius 3 is 2.25 bits per heavy atom. The van der Waals surface area contributed by atoms with Crippen molar-refractivity contribution >= 4 is 12.0 Å². The average Bonchev–Trinajstić information content (AvgIpc) is 2.45. The molecule has 0 heterocycles. The molecule has 0 saturated carbocycles. The highest BCUT2D eigenvalue weighted by Crippen LogP contribution is 2.04. The van der Waals surface area contributed by atoms with Gasteiger partial charge in [-0.3, -0.25) is 0 Å². The minimum atomic E-state index is -1.01. The summed E-state index contributed by atoms with van der Waals surface area (Å²) in [4.78, 5) is 22.6. The third-order valence-electron chi connectivity index (χ3n) is 3.07. The molecule has 5 heteroatoms. The first-order valence-electron chi connectivity index (χ1n) is 6.91. The number of amides is 2. The van der Waals surface area contributed by atoms with Gasteiger partial charge in [0.2, 0.25) is 0 Å². The molecule has 5 nitrogen and oxygen atoms in total. The first-order chi connectivity index (χ1) is 9.56. The van der Waals surface area contributed by atoms with Gasteiger partial charge in [0.05, 0.1) is 0 Å². The van der Waals surface area contributed by atoms with Crippen LogP contribution in [0, 0.1) is 0 Å². The summed E-state index contributed by atoms with van der Waals surface area (Å²) in [6.07, 6.45) is 2.11. The molecule has 0 aliphatic carbocycles. The van der Waals surface area contributed by atoms with Crippen LogP contribution < -0.4 is 10.6 Å². The van der Waals surface area contributed by atoms with Gasteiger partial charge < -0.3 is 15.7 Å². The number of aliphatic carboxylic acids is 1. The Morgan fingerprint density at radius 1 is 1.15 bits per heavy atom. The van der Waals surface area contributed by atoms with Gasteiger partial charge in [0.1, 0.15) is 6.04 Å². The lowest BCUT2D eigenvalue weighted by molar-refractivity contribution is -0.139. The van der Waals surface area contributed by atoms with Crippen molar-refractivity contribution < 1.29 is 14.7 Å². The van der Waals surface area contributed by atoms with E-state index in [2.05, 4.69) is 17.6 Å².